The molecule has 0 unspecified atom stereocenters. The van der Waals surface area contributed by atoms with Gasteiger partial charge in [0.05, 0.1) is 30.4 Å². The van der Waals surface area contributed by atoms with Crippen LogP contribution in [0.1, 0.15) is 0 Å². The second kappa shape index (κ2) is 10.3. The van der Waals surface area contributed by atoms with Crippen LogP contribution in [0.5, 0.6) is 17.2 Å². The summed E-state index contributed by atoms with van der Waals surface area (Å²) < 4.78 is 24.8. The molecule has 5 nitrogen and oxygen atoms in total. The standard InChI is InChI=1S/C34H30NO4/c1-35-20-30-32(27-17-15-25-14-16-26(39-21-36-2)18-29(25)33(27)35)28(19-31(37-3)34(30)38-4)24-12-10-23(11-13-24)22-8-6-5-7-9-22/h5-20H,21H2,1-4H3/q+1. The number of ether oxygens (including phenoxy) is 4. The van der Waals surface area contributed by atoms with Crippen LogP contribution in [-0.4, -0.2) is 28.1 Å². The molecule has 6 aromatic rings. The zero-order chi connectivity index (χ0) is 26.9. The van der Waals surface area contributed by atoms with E-state index in [0.717, 1.165) is 49.3 Å². The first kappa shape index (κ1) is 24.7. The van der Waals surface area contributed by atoms with E-state index in [1.54, 1.807) is 21.3 Å². The Bertz CT molecular complexity index is 1810. The van der Waals surface area contributed by atoms with Gasteiger partial charge in [0.15, 0.2) is 24.5 Å². The number of benzene rings is 5. The molecule has 0 aliphatic carbocycles. The fraction of sp³-hybridized carbons (Fsp3) is 0.147. The number of aromatic nitrogens is 1. The van der Waals surface area contributed by atoms with Gasteiger partial charge < -0.3 is 18.9 Å². The van der Waals surface area contributed by atoms with Gasteiger partial charge in [-0.25, -0.2) is 0 Å². The molecule has 0 amide bonds. The molecular formula is C34H30NO4+. The lowest BCUT2D eigenvalue weighted by atomic mass is 9.92. The molecule has 5 aromatic carbocycles. The minimum Gasteiger partial charge on any atom is -0.493 e. The fourth-order valence-corrected chi connectivity index (χ4v) is 5.48. The first-order valence-electron chi connectivity index (χ1n) is 12.8. The van der Waals surface area contributed by atoms with Gasteiger partial charge in [0.1, 0.15) is 12.8 Å². The summed E-state index contributed by atoms with van der Waals surface area (Å²) in [5, 5.41) is 5.45. The van der Waals surface area contributed by atoms with E-state index in [1.165, 1.54) is 11.1 Å². The van der Waals surface area contributed by atoms with Crippen molar-refractivity contribution in [1.82, 2.24) is 0 Å². The molecular weight excluding hydrogens is 486 g/mol. The highest BCUT2D eigenvalue weighted by molar-refractivity contribution is 6.19. The van der Waals surface area contributed by atoms with Gasteiger partial charge in [-0.15, -0.1) is 0 Å². The van der Waals surface area contributed by atoms with E-state index in [0.29, 0.717) is 11.5 Å². The van der Waals surface area contributed by atoms with Crippen LogP contribution in [0.4, 0.5) is 0 Å². The van der Waals surface area contributed by atoms with Crippen LogP contribution >= 0.6 is 0 Å². The van der Waals surface area contributed by atoms with Gasteiger partial charge >= 0.3 is 0 Å². The molecule has 194 valence electrons. The number of rotatable bonds is 7. The quantitative estimate of drug-likeness (QED) is 0.127. The summed E-state index contributed by atoms with van der Waals surface area (Å²) in [7, 11) is 7.06. The Morgan fingerprint density at radius 1 is 0.667 bits per heavy atom. The van der Waals surface area contributed by atoms with E-state index in [1.807, 2.05) is 12.1 Å². The van der Waals surface area contributed by atoms with Crippen LogP contribution in [0.15, 0.2) is 97.2 Å². The van der Waals surface area contributed by atoms with Crippen LogP contribution in [0.25, 0.3) is 54.7 Å². The number of methoxy groups -OCH3 is 3. The van der Waals surface area contributed by atoms with Crippen LogP contribution in [0, 0.1) is 0 Å². The Balaban J connectivity index is 1.65. The molecule has 0 aliphatic rings. The van der Waals surface area contributed by atoms with Crippen molar-refractivity contribution in [1.29, 1.82) is 0 Å². The molecule has 39 heavy (non-hydrogen) atoms. The Morgan fingerprint density at radius 2 is 1.38 bits per heavy atom. The highest BCUT2D eigenvalue weighted by atomic mass is 16.7. The van der Waals surface area contributed by atoms with Gasteiger partial charge in [0, 0.05) is 12.5 Å². The molecule has 5 heteroatoms. The lowest BCUT2D eigenvalue weighted by Gasteiger charge is -2.17. The minimum absolute atomic E-state index is 0.200. The molecule has 0 spiro atoms. The third-order valence-corrected chi connectivity index (χ3v) is 7.26. The predicted molar refractivity (Wildman–Crippen MR) is 157 cm³/mol. The Kier molecular flexibility index (Phi) is 6.51. The number of nitrogens with zero attached hydrogens (tertiary/aromatic N) is 1. The minimum atomic E-state index is 0.200. The van der Waals surface area contributed by atoms with Gasteiger partial charge in [-0.2, -0.15) is 4.57 Å². The van der Waals surface area contributed by atoms with Crippen molar-refractivity contribution in [3.8, 4) is 39.5 Å². The second-order valence-corrected chi connectivity index (χ2v) is 9.53. The maximum absolute atomic E-state index is 5.90. The van der Waals surface area contributed by atoms with Crippen molar-refractivity contribution in [3.63, 3.8) is 0 Å². The van der Waals surface area contributed by atoms with Crippen LogP contribution in [0.2, 0.25) is 0 Å². The smallest absolute Gasteiger partial charge is 0.220 e. The van der Waals surface area contributed by atoms with Crippen molar-refractivity contribution >= 4 is 32.4 Å². The number of hydrogen-bond acceptors (Lipinski definition) is 4. The van der Waals surface area contributed by atoms with Crippen LogP contribution < -0.4 is 18.8 Å². The number of fused-ring (bicyclic) bond motifs is 5. The summed E-state index contributed by atoms with van der Waals surface area (Å²) >= 11 is 0. The van der Waals surface area contributed by atoms with Crippen molar-refractivity contribution < 1.29 is 23.5 Å². The van der Waals surface area contributed by atoms with Crippen LogP contribution in [0.3, 0.4) is 0 Å². The maximum atomic E-state index is 5.90. The molecule has 1 heterocycles. The third kappa shape index (κ3) is 4.31. The van der Waals surface area contributed by atoms with Crippen molar-refractivity contribution in [2.24, 2.45) is 7.05 Å². The summed E-state index contributed by atoms with van der Waals surface area (Å²) in [5.74, 6) is 2.18. The molecule has 0 fully saturated rings. The van der Waals surface area contributed by atoms with E-state index in [4.69, 9.17) is 18.9 Å². The summed E-state index contributed by atoms with van der Waals surface area (Å²) in [6.45, 7) is 0.200. The Hall–Kier alpha value is -4.61. The third-order valence-electron chi connectivity index (χ3n) is 7.26. The maximum Gasteiger partial charge on any atom is 0.220 e. The molecule has 0 N–H and O–H groups in total. The monoisotopic (exact) mass is 516 g/mol. The summed E-state index contributed by atoms with van der Waals surface area (Å²) in [4.78, 5) is 0. The molecule has 0 saturated carbocycles. The molecule has 0 saturated heterocycles. The lowest BCUT2D eigenvalue weighted by Crippen LogP contribution is -2.28. The van der Waals surface area contributed by atoms with Crippen molar-refractivity contribution in [2.75, 3.05) is 28.1 Å². The average molecular weight is 517 g/mol. The topological polar surface area (TPSA) is 40.8 Å². The van der Waals surface area contributed by atoms with Gasteiger partial charge in [-0.3, -0.25) is 0 Å². The summed E-state index contributed by atoms with van der Waals surface area (Å²) in [5.41, 5.74) is 5.66. The lowest BCUT2D eigenvalue weighted by molar-refractivity contribution is -0.642. The van der Waals surface area contributed by atoms with Gasteiger partial charge in [-0.1, -0.05) is 66.7 Å². The van der Waals surface area contributed by atoms with Gasteiger partial charge in [0.25, 0.3) is 0 Å². The molecule has 1 aromatic heterocycles. The Morgan fingerprint density at radius 3 is 2.10 bits per heavy atom. The SMILES string of the molecule is COCOc1ccc2ccc3c4c(-c5ccc(-c6ccccc6)cc5)cc(OC)c(OC)c4c[n+](C)c3c2c1. The highest BCUT2D eigenvalue weighted by Crippen LogP contribution is 2.45. The van der Waals surface area contributed by atoms with Crippen molar-refractivity contribution in [3.05, 3.63) is 97.2 Å². The normalized spacial score (nSPS) is 11.3. The number of pyridine rings is 1. The van der Waals surface area contributed by atoms with Crippen molar-refractivity contribution in [2.45, 2.75) is 0 Å². The molecule has 0 aliphatic heterocycles. The fourth-order valence-electron chi connectivity index (χ4n) is 5.48. The average Bonchev–Trinajstić information content (AvgIpc) is 2.99. The van der Waals surface area contributed by atoms with E-state index < -0.39 is 0 Å². The highest BCUT2D eigenvalue weighted by Gasteiger charge is 2.23. The van der Waals surface area contributed by atoms with E-state index >= 15 is 0 Å². The van der Waals surface area contributed by atoms with Gasteiger partial charge in [0.2, 0.25) is 5.52 Å². The first-order valence-corrected chi connectivity index (χ1v) is 12.8. The summed E-state index contributed by atoms with van der Waals surface area (Å²) in [6.07, 6.45) is 2.13. The number of aryl methyl sites for hydroxylation is 1. The van der Waals surface area contributed by atoms with Crippen LogP contribution in [-0.2, 0) is 11.8 Å². The van der Waals surface area contributed by atoms with E-state index in [2.05, 4.69) is 96.7 Å². The Labute approximate surface area is 227 Å². The predicted octanol–water partition coefficient (Wildman–Crippen LogP) is 7.30. The molecule has 0 radical (unpaired) electrons. The van der Waals surface area contributed by atoms with Gasteiger partial charge in [-0.05, 0) is 51.9 Å². The van der Waals surface area contributed by atoms with E-state index in [-0.39, 0.29) is 6.79 Å². The second-order valence-electron chi connectivity index (χ2n) is 9.53. The molecule has 0 bridgehead atoms. The zero-order valence-electron chi connectivity index (χ0n) is 22.5. The zero-order valence-corrected chi connectivity index (χ0v) is 22.5. The number of hydrogen-bond donors (Lipinski definition) is 0. The largest absolute Gasteiger partial charge is 0.493 e. The summed E-state index contributed by atoms with van der Waals surface area (Å²) in [6, 6.07) is 31.7. The molecule has 6 rings (SSSR count). The molecule has 0 atom stereocenters. The first-order chi connectivity index (χ1) is 19.1. The van der Waals surface area contributed by atoms with E-state index in [9.17, 15) is 0 Å².